The van der Waals surface area contributed by atoms with E-state index in [1.54, 1.807) is 0 Å². The molecule has 0 spiro atoms. The summed E-state index contributed by atoms with van der Waals surface area (Å²) in [6, 6.07) is 2.73. The van der Waals surface area contributed by atoms with Gasteiger partial charge in [-0.25, -0.2) is 0 Å². The number of carbonyl (C=O) groups excluding carboxylic acids is 1. The highest BCUT2D eigenvalue weighted by molar-refractivity contribution is 6.42. The molecule has 0 aliphatic heterocycles. The molecule has 9 heteroatoms. The van der Waals surface area contributed by atoms with Crippen molar-refractivity contribution in [1.29, 1.82) is 0 Å². The summed E-state index contributed by atoms with van der Waals surface area (Å²) in [4.78, 5) is 40.4. The first-order chi connectivity index (χ1) is 18.6. The van der Waals surface area contributed by atoms with Gasteiger partial charge in [-0.05, 0) is 25.7 Å². The Labute approximate surface area is 222 Å². The van der Waals surface area contributed by atoms with Gasteiger partial charge in [0.2, 0.25) is 0 Å². The Hall–Kier alpha value is -4.79. The van der Waals surface area contributed by atoms with Crippen LogP contribution < -0.4 is 41.3 Å². The summed E-state index contributed by atoms with van der Waals surface area (Å²) >= 11 is 0. The van der Waals surface area contributed by atoms with Gasteiger partial charge < -0.3 is 30.4 Å². The van der Waals surface area contributed by atoms with E-state index < -0.39 is 0 Å². The maximum atomic E-state index is 13.6. The molecule has 0 fully saturated rings. The minimum absolute atomic E-state index is 0.108. The minimum Gasteiger partial charge on any atom is -0.496 e. The number of hydrogen-bond donors (Lipinski definition) is 2. The molecular formula is C30H26N2O7. The number of anilines is 2. The van der Waals surface area contributed by atoms with Gasteiger partial charge in [0.25, 0.3) is 0 Å². The molecule has 9 nitrogen and oxygen atoms in total. The van der Waals surface area contributed by atoms with E-state index in [9.17, 15) is 14.4 Å². The zero-order chi connectivity index (χ0) is 28.1. The van der Waals surface area contributed by atoms with Crippen LogP contribution in [-0.4, -0.2) is 34.2 Å². The van der Waals surface area contributed by atoms with E-state index >= 15 is 0 Å². The normalized spacial score (nSPS) is 13.2. The third-order valence-corrected chi connectivity index (χ3v) is 7.91. The number of methoxy groups -OCH3 is 4. The molecule has 1 aliphatic carbocycles. The maximum Gasteiger partial charge on any atom is 0.192 e. The Morgan fingerprint density at radius 3 is 1.64 bits per heavy atom. The Morgan fingerprint density at radius 2 is 1.18 bits per heavy atom. The molecule has 0 atom stereocenters. The smallest absolute Gasteiger partial charge is 0.192 e. The molecule has 5 aromatic carbocycles. The summed E-state index contributed by atoms with van der Waals surface area (Å²) in [5, 5.41) is 3.72. The van der Waals surface area contributed by atoms with Crippen molar-refractivity contribution in [2.45, 2.75) is 20.3 Å². The van der Waals surface area contributed by atoms with Gasteiger partial charge >= 0.3 is 0 Å². The minimum atomic E-state index is -0.374. The quantitative estimate of drug-likeness (QED) is 0.197. The number of ether oxygens (including phenoxy) is 4. The molecule has 0 saturated carbocycles. The fourth-order valence-electron chi connectivity index (χ4n) is 6.57. The predicted octanol–water partition coefficient (Wildman–Crippen LogP) is 4.01. The highest BCUT2D eigenvalue weighted by atomic mass is 16.5. The topological polar surface area (TPSA) is 140 Å². The second-order valence-electron chi connectivity index (χ2n) is 9.79. The largest absolute Gasteiger partial charge is 0.496 e. The molecule has 198 valence electrons. The van der Waals surface area contributed by atoms with E-state index in [0.29, 0.717) is 66.9 Å². The van der Waals surface area contributed by atoms with Crippen molar-refractivity contribution in [3.05, 3.63) is 49.3 Å². The molecule has 39 heavy (non-hydrogen) atoms. The van der Waals surface area contributed by atoms with E-state index in [1.807, 2.05) is 6.92 Å². The fraction of sp³-hybridized carbons (Fsp3) is 0.233. The maximum absolute atomic E-state index is 13.6. The molecule has 0 saturated heterocycles. The van der Waals surface area contributed by atoms with Gasteiger partial charge in [0.1, 0.15) is 17.2 Å². The second-order valence-corrected chi connectivity index (χ2v) is 9.79. The first-order valence-electron chi connectivity index (χ1n) is 12.3. The molecule has 0 heterocycles. The standard InChI is InChI=1S/C30H26N2O7/c1-10-7-12-18-23-19(27(31)29(12)38-5)13(34)8-15(36-3)21(23)22-16(37-4)9-14(35)20-25(22)24(18)26(17(10)11(2)33)30(39-6)28(20)32/h8-9H,7,31-32H2,1-6H3. The molecule has 0 radical (unpaired) electrons. The molecule has 0 unspecified atom stereocenters. The van der Waals surface area contributed by atoms with Crippen LogP contribution in [0.3, 0.4) is 0 Å². The van der Waals surface area contributed by atoms with Crippen molar-refractivity contribution < 1.29 is 23.7 Å². The molecule has 1 aliphatic rings. The predicted molar refractivity (Wildman–Crippen MR) is 153 cm³/mol. The first-order valence-corrected chi connectivity index (χ1v) is 12.3. The van der Waals surface area contributed by atoms with Gasteiger partial charge in [0.05, 0.1) is 50.6 Å². The zero-order valence-electron chi connectivity index (χ0n) is 22.4. The second kappa shape index (κ2) is 8.10. The van der Waals surface area contributed by atoms with Gasteiger partial charge in [-0.1, -0.05) is 5.57 Å². The number of nitrogen functional groups attached to an aromatic ring is 2. The van der Waals surface area contributed by atoms with Crippen LogP contribution in [0.15, 0.2) is 27.3 Å². The van der Waals surface area contributed by atoms with Crippen LogP contribution >= 0.6 is 0 Å². The van der Waals surface area contributed by atoms with Crippen LogP contribution in [-0.2, 0) is 11.2 Å². The molecule has 0 aromatic heterocycles. The van der Waals surface area contributed by atoms with Crippen molar-refractivity contribution in [1.82, 2.24) is 0 Å². The van der Waals surface area contributed by atoms with E-state index in [4.69, 9.17) is 30.4 Å². The number of hydrogen-bond acceptors (Lipinski definition) is 9. The van der Waals surface area contributed by atoms with Gasteiger partial charge in [-0.2, -0.15) is 0 Å². The van der Waals surface area contributed by atoms with Crippen LogP contribution in [0.2, 0.25) is 0 Å². The molecule has 0 bridgehead atoms. The monoisotopic (exact) mass is 526 g/mol. The van der Waals surface area contributed by atoms with Gasteiger partial charge in [-0.15, -0.1) is 0 Å². The molecular weight excluding hydrogens is 500 g/mol. The van der Waals surface area contributed by atoms with Crippen molar-refractivity contribution in [3.63, 3.8) is 0 Å². The number of rotatable bonds is 5. The van der Waals surface area contributed by atoms with Crippen molar-refractivity contribution >= 4 is 65.8 Å². The van der Waals surface area contributed by atoms with E-state index in [0.717, 1.165) is 5.57 Å². The lowest BCUT2D eigenvalue weighted by atomic mass is 9.82. The lowest BCUT2D eigenvalue weighted by Gasteiger charge is -2.24. The number of nitrogens with two attached hydrogens (primary N) is 2. The number of carbonyl (C=O) groups is 1. The average Bonchev–Trinajstić information content (AvgIpc) is 3.02. The molecule has 4 N–H and O–H groups in total. The van der Waals surface area contributed by atoms with E-state index in [2.05, 4.69) is 0 Å². The van der Waals surface area contributed by atoms with Crippen LogP contribution in [0.5, 0.6) is 23.0 Å². The Kier molecular flexibility index (Phi) is 5.10. The number of Topliss-reactive ketones (excluding diaryl/α,β-unsaturated/α-hetero) is 1. The molecule has 6 rings (SSSR count). The van der Waals surface area contributed by atoms with Gasteiger partial charge in [0, 0.05) is 55.8 Å². The fourth-order valence-corrected chi connectivity index (χ4v) is 6.57. The number of benzene rings is 5. The number of fused-ring (bicyclic) bond motifs is 1. The van der Waals surface area contributed by atoms with Crippen molar-refractivity contribution in [3.8, 4) is 23.0 Å². The third kappa shape index (κ3) is 2.81. The SMILES string of the molecule is COc1c(N)c2c(=O)cc(OC)c3c4c(OC)cc(=O)c5c(N)c(OC)c6c(c(c1CC(C)=C6C(C)=O)c23)c54. The van der Waals surface area contributed by atoms with Crippen LogP contribution in [0, 0.1) is 0 Å². The molecule has 5 aromatic rings. The summed E-state index contributed by atoms with van der Waals surface area (Å²) in [6.07, 6.45) is 0.293. The van der Waals surface area contributed by atoms with E-state index in [-0.39, 0.29) is 50.3 Å². The van der Waals surface area contributed by atoms with Crippen LogP contribution in [0.4, 0.5) is 11.4 Å². The lowest BCUT2D eigenvalue weighted by molar-refractivity contribution is -0.111. The van der Waals surface area contributed by atoms with Gasteiger partial charge in [0.15, 0.2) is 22.4 Å². The summed E-state index contributed by atoms with van der Waals surface area (Å²) < 4.78 is 23.1. The number of allylic oxidation sites excluding steroid dienone is 2. The Balaban J connectivity index is 2.21. The number of ketones is 1. The summed E-state index contributed by atoms with van der Waals surface area (Å²) in [6.45, 7) is 3.33. The Morgan fingerprint density at radius 1 is 0.692 bits per heavy atom. The van der Waals surface area contributed by atoms with Crippen molar-refractivity contribution in [2.75, 3.05) is 39.9 Å². The lowest BCUT2D eigenvalue weighted by Crippen LogP contribution is -2.12. The third-order valence-electron chi connectivity index (χ3n) is 7.91. The van der Waals surface area contributed by atoms with E-state index in [1.165, 1.54) is 47.5 Å². The highest BCUT2D eigenvalue weighted by Crippen LogP contribution is 2.56. The summed E-state index contributed by atoms with van der Waals surface area (Å²) in [5.74, 6) is 0.900. The van der Waals surface area contributed by atoms with Gasteiger partial charge in [-0.3, -0.25) is 14.4 Å². The highest BCUT2D eigenvalue weighted by Gasteiger charge is 2.35. The summed E-state index contributed by atoms with van der Waals surface area (Å²) in [7, 11) is 5.87. The Bertz CT molecular complexity index is 2080. The summed E-state index contributed by atoms with van der Waals surface area (Å²) in [5.41, 5.74) is 15.1. The first kappa shape index (κ1) is 24.5. The van der Waals surface area contributed by atoms with Crippen LogP contribution in [0.25, 0.3) is 48.7 Å². The average molecular weight is 527 g/mol. The zero-order valence-corrected chi connectivity index (χ0v) is 22.4. The van der Waals surface area contributed by atoms with Crippen molar-refractivity contribution in [2.24, 2.45) is 0 Å². The molecule has 0 amide bonds. The van der Waals surface area contributed by atoms with Crippen LogP contribution in [0.1, 0.15) is 25.0 Å².